The number of hydrogen-bond donors (Lipinski definition) is 0. The lowest BCUT2D eigenvalue weighted by Crippen LogP contribution is -2.33. The predicted octanol–water partition coefficient (Wildman–Crippen LogP) is 12.6. The van der Waals surface area contributed by atoms with Crippen LogP contribution in [0.2, 0.25) is 0 Å². The highest BCUT2D eigenvalue weighted by Crippen LogP contribution is 2.61. The van der Waals surface area contributed by atoms with Crippen molar-refractivity contribution in [3.63, 3.8) is 0 Å². The minimum atomic E-state index is -0.456. The summed E-state index contributed by atoms with van der Waals surface area (Å²) in [5.74, 6) is 0. The second-order valence-corrected chi connectivity index (χ2v) is 14.0. The molecular formula is C49H29N. The third-order valence-corrected chi connectivity index (χ3v) is 11.8. The summed E-state index contributed by atoms with van der Waals surface area (Å²) >= 11 is 0. The SMILES string of the molecule is c1ccc2c(c1)-c1ccccc1C21c2ccccc2-n2c3ccccc3c3cc(-c4ccc5c6ccccc6c6ccccc6c5c4)cc1c32. The number of nitrogens with zero attached hydrogens (tertiary/aromatic N) is 1. The number of aromatic nitrogens is 1. The van der Waals surface area contributed by atoms with Crippen molar-refractivity contribution in [3.8, 4) is 27.9 Å². The van der Waals surface area contributed by atoms with E-state index in [9.17, 15) is 0 Å². The highest BCUT2D eigenvalue weighted by atomic mass is 15.0. The second-order valence-electron chi connectivity index (χ2n) is 14.0. The van der Waals surface area contributed by atoms with Crippen LogP contribution >= 0.6 is 0 Å². The van der Waals surface area contributed by atoms with Crippen molar-refractivity contribution in [1.29, 1.82) is 0 Å². The first-order valence-electron chi connectivity index (χ1n) is 17.5. The number of hydrogen-bond acceptors (Lipinski definition) is 0. The van der Waals surface area contributed by atoms with Crippen LogP contribution in [-0.2, 0) is 5.41 Å². The Hall–Kier alpha value is -6.44. The zero-order chi connectivity index (χ0) is 32.6. The van der Waals surface area contributed by atoms with Crippen molar-refractivity contribution in [1.82, 2.24) is 4.57 Å². The molecule has 1 heteroatoms. The van der Waals surface area contributed by atoms with Gasteiger partial charge in [-0.3, -0.25) is 0 Å². The van der Waals surface area contributed by atoms with Gasteiger partial charge in [0.15, 0.2) is 0 Å². The summed E-state index contributed by atoms with van der Waals surface area (Å²) in [6.45, 7) is 0. The lowest BCUT2D eigenvalue weighted by Gasteiger charge is -2.39. The van der Waals surface area contributed by atoms with Crippen LogP contribution in [0.15, 0.2) is 176 Å². The molecule has 0 atom stereocenters. The van der Waals surface area contributed by atoms with E-state index < -0.39 is 5.41 Å². The van der Waals surface area contributed by atoms with E-state index in [2.05, 4.69) is 180 Å². The van der Waals surface area contributed by atoms with Crippen molar-refractivity contribution in [3.05, 3.63) is 198 Å². The minimum Gasteiger partial charge on any atom is -0.309 e. The van der Waals surface area contributed by atoms with E-state index in [1.807, 2.05) is 0 Å². The van der Waals surface area contributed by atoms with Gasteiger partial charge in [-0.15, -0.1) is 0 Å². The fourth-order valence-electron chi connectivity index (χ4n) is 9.83. The van der Waals surface area contributed by atoms with Crippen LogP contribution in [-0.4, -0.2) is 4.57 Å². The van der Waals surface area contributed by atoms with Gasteiger partial charge in [-0.05, 0) is 107 Å². The molecule has 0 N–H and O–H groups in total. The maximum atomic E-state index is 2.54. The van der Waals surface area contributed by atoms with Crippen molar-refractivity contribution in [2.75, 3.05) is 0 Å². The first-order valence-corrected chi connectivity index (χ1v) is 17.5. The normalized spacial score (nSPS) is 13.8. The van der Waals surface area contributed by atoms with Gasteiger partial charge in [0.05, 0.1) is 22.1 Å². The maximum absolute atomic E-state index is 2.54. The molecule has 12 rings (SSSR count). The lowest BCUT2D eigenvalue weighted by molar-refractivity contribution is 0.749. The molecule has 0 bridgehead atoms. The molecule has 0 radical (unpaired) electrons. The predicted molar refractivity (Wildman–Crippen MR) is 210 cm³/mol. The Kier molecular flexibility index (Phi) is 4.97. The average molecular weight is 632 g/mol. The van der Waals surface area contributed by atoms with Gasteiger partial charge in [-0.25, -0.2) is 0 Å². The first-order chi connectivity index (χ1) is 24.8. The monoisotopic (exact) mass is 631 g/mol. The molecule has 1 aromatic heterocycles. The van der Waals surface area contributed by atoms with E-state index in [1.165, 1.54) is 104 Å². The Bertz CT molecular complexity index is 3020. The standard InChI is InChI=1S/C49H29N/c1-2-15-34-32(13-1)33-14-3-4-16-35(33)40-27-30(25-26-36(34)40)31-28-41-39-19-7-11-23-46(39)50-47-24-12-10-22-44(47)49(45(29-31)48(41)50)42-20-8-5-17-37(42)38-18-6-9-21-43(38)49/h1-29H. The molecule has 50 heavy (non-hydrogen) atoms. The zero-order valence-electron chi connectivity index (χ0n) is 27.2. The summed E-state index contributed by atoms with van der Waals surface area (Å²) in [6.07, 6.45) is 0. The van der Waals surface area contributed by atoms with E-state index >= 15 is 0 Å². The third-order valence-electron chi connectivity index (χ3n) is 11.8. The van der Waals surface area contributed by atoms with Gasteiger partial charge in [0, 0.05) is 10.8 Å². The van der Waals surface area contributed by atoms with Crippen molar-refractivity contribution >= 4 is 54.1 Å². The molecular weight excluding hydrogens is 603 g/mol. The van der Waals surface area contributed by atoms with Gasteiger partial charge in [-0.2, -0.15) is 0 Å². The lowest BCUT2D eigenvalue weighted by atomic mass is 9.65. The quantitative estimate of drug-likeness (QED) is 0.159. The van der Waals surface area contributed by atoms with Gasteiger partial charge in [0.1, 0.15) is 0 Å². The van der Waals surface area contributed by atoms with E-state index in [0.29, 0.717) is 0 Å². The summed E-state index contributed by atoms with van der Waals surface area (Å²) in [6, 6.07) is 66.1. The molecule has 0 unspecified atom stereocenters. The molecule has 0 fully saturated rings. The summed E-state index contributed by atoms with van der Waals surface area (Å²) in [7, 11) is 0. The van der Waals surface area contributed by atoms with Crippen molar-refractivity contribution in [2.45, 2.75) is 5.41 Å². The number of rotatable bonds is 1. The summed E-state index contributed by atoms with van der Waals surface area (Å²) in [4.78, 5) is 0. The van der Waals surface area contributed by atoms with Crippen LogP contribution in [0.5, 0.6) is 0 Å². The number of benzene rings is 9. The average Bonchev–Trinajstić information content (AvgIpc) is 3.68. The minimum absolute atomic E-state index is 0.456. The molecule has 0 amide bonds. The molecule has 1 nitrogen and oxygen atoms in total. The molecule has 10 aromatic rings. The second kappa shape index (κ2) is 9.37. The van der Waals surface area contributed by atoms with Gasteiger partial charge in [0.2, 0.25) is 0 Å². The Morgan fingerprint density at radius 2 is 0.820 bits per heavy atom. The van der Waals surface area contributed by atoms with Crippen LogP contribution in [0.3, 0.4) is 0 Å². The third kappa shape index (κ3) is 3.10. The fourth-order valence-corrected chi connectivity index (χ4v) is 9.83. The van der Waals surface area contributed by atoms with E-state index in [0.717, 1.165) is 0 Å². The summed E-state index contributed by atoms with van der Waals surface area (Å²) in [5, 5.41) is 10.4. The number of fused-ring (bicyclic) bond motifs is 18. The molecule has 2 heterocycles. The number of para-hydroxylation sites is 2. The highest BCUT2D eigenvalue weighted by molar-refractivity contribution is 6.26. The van der Waals surface area contributed by atoms with E-state index in [-0.39, 0.29) is 0 Å². The molecule has 230 valence electrons. The van der Waals surface area contributed by atoms with E-state index in [4.69, 9.17) is 0 Å². The highest BCUT2D eigenvalue weighted by Gasteiger charge is 2.50. The Balaban J connectivity index is 1.26. The van der Waals surface area contributed by atoms with Crippen LogP contribution < -0.4 is 0 Å². The molecule has 1 aliphatic heterocycles. The van der Waals surface area contributed by atoms with Gasteiger partial charge in [0.25, 0.3) is 0 Å². The Morgan fingerprint density at radius 3 is 1.50 bits per heavy atom. The molecule has 9 aromatic carbocycles. The summed E-state index contributed by atoms with van der Waals surface area (Å²) < 4.78 is 2.54. The van der Waals surface area contributed by atoms with Gasteiger partial charge in [-0.1, -0.05) is 146 Å². The smallest absolute Gasteiger partial charge is 0.0754 e. The van der Waals surface area contributed by atoms with E-state index in [1.54, 1.807) is 0 Å². The Labute approximate surface area is 289 Å². The zero-order valence-corrected chi connectivity index (χ0v) is 27.2. The molecule has 0 saturated carbocycles. The summed E-state index contributed by atoms with van der Waals surface area (Å²) in [5.41, 5.74) is 13.9. The molecule has 2 aliphatic rings. The molecule has 0 saturated heterocycles. The first kappa shape index (κ1) is 26.5. The van der Waals surface area contributed by atoms with Crippen LogP contribution in [0.25, 0.3) is 82.1 Å². The van der Waals surface area contributed by atoms with Gasteiger partial charge < -0.3 is 4.57 Å². The van der Waals surface area contributed by atoms with Gasteiger partial charge >= 0.3 is 0 Å². The fraction of sp³-hybridized carbons (Fsp3) is 0.0204. The maximum Gasteiger partial charge on any atom is 0.0754 e. The molecule has 1 aliphatic carbocycles. The van der Waals surface area contributed by atoms with Crippen molar-refractivity contribution in [2.24, 2.45) is 0 Å². The Morgan fingerprint density at radius 1 is 0.320 bits per heavy atom. The topological polar surface area (TPSA) is 4.93 Å². The molecule has 1 spiro atoms. The van der Waals surface area contributed by atoms with Crippen LogP contribution in [0.4, 0.5) is 0 Å². The van der Waals surface area contributed by atoms with Crippen LogP contribution in [0, 0.1) is 0 Å². The van der Waals surface area contributed by atoms with Crippen molar-refractivity contribution < 1.29 is 0 Å². The van der Waals surface area contributed by atoms with Crippen LogP contribution in [0.1, 0.15) is 22.3 Å². The largest absolute Gasteiger partial charge is 0.309 e.